The first-order valence-corrected chi connectivity index (χ1v) is 6.42. The van der Waals surface area contributed by atoms with Crippen LogP contribution in [0, 0.1) is 5.41 Å². The number of hydrogen-bond donors (Lipinski definition) is 1. The summed E-state index contributed by atoms with van der Waals surface area (Å²) < 4.78 is 5.09. The van der Waals surface area contributed by atoms with E-state index in [4.69, 9.17) is 16.3 Å². The minimum Gasteiger partial charge on any atom is -0.425 e. The molecule has 1 amide bonds. The standard InChI is InChI=1S/C14H18ClNO3/c1-14(2,3)13(18)16-9-8-12(17)19-11-7-5-4-6-10(11)15/h4-7H,8-9H2,1-3H3,(H,16,18). The first-order valence-electron chi connectivity index (χ1n) is 6.04. The molecule has 0 aromatic heterocycles. The zero-order valence-corrected chi connectivity index (χ0v) is 12.1. The van der Waals surface area contributed by atoms with Crippen LogP contribution in [0.1, 0.15) is 27.2 Å². The number of carbonyl (C=O) groups excluding carboxylic acids is 2. The predicted octanol–water partition coefficient (Wildman–Crippen LogP) is 2.80. The number of rotatable bonds is 4. The van der Waals surface area contributed by atoms with E-state index >= 15 is 0 Å². The molecule has 0 aliphatic rings. The van der Waals surface area contributed by atoms with E-state index in [2.05, 4.69) is 5.32 Å². The van der Waals surface area contributed by atoms with Crippen molar-refractivity contribution in [1.82, 2.24) is 5.32 Å². The lowest BCUT2D eigenvalue weighted by Crippen LogP contribution is -2.36. The number of hydrogen-bond acceptors (Lipinski definition) is 3. The molecule has 0 heterocycles. The van der Waals surface area contributed by atoms with E-state index in [1.165, 1.54) is 0 Å². The Labute approximate surface area is 118 Å². The zero-order chi connectivity index (χ0) is 14.5. The quantitative estimate of drug-likeness (QED) is 0.683. The van der Waals surface area contributed by atoms with Gasteiger partial charge in [0.1, 0.15) is 5.75 Å². The van der Waals surface area contributed by atoms with Crippen LogP contribution in [-0.2, 0) is 9.59 Å². The zero-order valence-electron chi connectivity index (χ0n) is 11.3. The van der Waals surface area contributed by atoms with Gasteiger partial charge in [0.15, 0.2) is 0 Å². The van der Waals surface area contributed by atoms with E-state index < -0.39 is 11.4 Å². The molecular formula is C14H18ClNO3. The number of carbonyl (C=O) groups is 2. The molecular weight excluding hydrogens is 266 g/mol. The Kier molecular flexibility index (Phi) is 5.36. The normalized spacial score (nSPS) is 10.9. The SMILES string of the molecule is CC(C)(C)C(=O)NCCC(=O)Oc1ccccc1Cl. The van der Waals surface area contributed by atoms with E-state index in [0.717, 1.165) is 0 Å². The molecule has 0 unspecified atom stereocenters. The van der Waals surface area contributed by atoms with Crippen molar-refractivity contribution in [1.29, 1.82) is 0 Å². The van der Waals surface area contributed by atoms with Crippen molar-refractivity contribution in [2.45, 2.75) is 27.2 Å². The highest BCUT2D eigenvalue weighted by atomic mass is 35.5. The number of esters is 1. The second-order valence-corrected chi connectivity index (χ2v) is 5.57. The summed E-state index contributed by atoms with van der Waals surface area (Å²) in [6.45, 7) is 5.68. The Hall–Kier alpha value is -1.55. The van der Waals surface area contributed by atoms with Gasteiger partial charge in [0, 0.05) is 12.0 Å². The van der Waals surface area contributed by atoms with E-state index in [9.17, 15) is 9.59 Å². The minimum absolute atomic E-state index is 0.0990. The largest absolute Gasteiger partial charge is 0.425 e. The smallest absolute Gasteiger partial charge is 0.313 e. The average molecular weight is 284 g/mol. The summed E-state index contributed by atoms with van der Waals surface area (Å²) in [7, 11) is 0. The Balaban J connectivity index is 2.37. The molecule has 0 atom stereocenters. The monoisotopic (exact) mass is 283 g/mol. The summed E-state index contributed by atoms with van der Waals surface area (Å²) in [6, 6.07) is 6.75. The van der Waals surface area contributed by atoms with E-state index in [1.807, 2.05) is 20.8 Å². The fourth-order valence-corrected chi connectivity index (χ4v) is 1.42. The van der Waals surface area contributed by atoms with Gasteiger partial charge in [-0.1, -0.05) is 44.5 Å². The van der Waals surface area contributed by atoms with Crippen LogP contribution in [0.5, 0.6) is 5.75 Å². The Morgan fingerprint density at radius 1 is 1.26 bits per heavy atom. The Morgan fingerprint density at radius 3 is 2.47 bits per heavy atom. The van der Waals surface area contributed by atoms with Gasteiger partial charge in [-0.25, -0.2) is 0 Å². The molecule has 1 aromatic rings. The topological polar surface area (TPSA) is 55.4 Å². The van der Waals surface area contributed by atoms with Crippen molar-refractivity contribution in [3.05, 3.63) is 29.3 Å². The summed E-state index contributed by atoms with van der Waals surface area (Å²) in [5.41, 5.74) is -0.466. The van der Waals surface area contributed by atoms with Crippen LogP contribution in [0.2, 0.25) is 5.02 Å². The van der Waals surface area contributed by atoms with Crippen molar-refractivity contribution in [3.63, 3.8) is 0 Å². The maximum Gasteiger partial charge on any atom is 0.313 e. The van der Waals surface area contributed by atoms with Gasteiger partial charge >= 0.3 is 5.97 Å². The number of amides is 1. The number of nitrogens with one attached hydrogen (secondary N) is 1. The Morgan fingerprint density at radius 2 is 1.89 bits per heavy atom. The van der Waals surface area contributed by atoms with Crippen LogP contribution in [0.15, 0.2) is 24.3 Å². The first kappa shape index (κ1) is 15.5. The van der Waals surface area contributed by atoms with Crippen molar-refractivity contribution in [2.24, 2.45) is 5.41 Å². The maximum atomic E-state index is 11.6. The number of para-hydroxylation sites is 1. The summed E-state index contributed by atoms with van der Waals surface area (Å²) in [5.74, 6) is -0.198. The van der Waals surface area contributed by atoms with Crippen LogP contribution >= 0.6 is 11.6 Å². The van der Waals surface area contributed by atoms with Crippen molar-refractivity contribution < 1.29 is 14.3 Å². The third-order valence-corrected chi connectivity index (χ3v) is 2.67. The van der Waals surface area contributed by atoms with Crippen LogP contribution in [-0.4, -0.2) is 18.4 Å². The lowest BCUT2D eigenvalue weighted by atomic mass is 9.96. The molecule has 1 N–H and O–H groups in total. The summed E-state index contributed by atoms with van der Waals surface area (Å²) in [5, 5.41) is 3.07. The summed E-state index contributed by atoms with van der Waals surface area (Å²) in [4.78, 5) is 23.1. The molecule has 4 nitrogen and oxygen atoms in total. The highest BCUT2D eigenvalue weighted by molar-refractivity contribution is 6.32. The second kappa shape index (κ2) is 6.57. The highest BCUT2D eigenvalue weighted by Crippen LogP contribution is 2.23. The summed E-state index contributed by atoms with van der Waals surface area (Å²) >= 11 is 5.87. The molecule has 0 saturated heterocycles. The van der Waals surface area contributed by atoms with Gasteiger partial charge in [-0.05, 0) is 12.1 Å². The third kappa shape index (κ3) is 5.30. The highest BCUT2D eigenvalue weighted by Gasteiger charge is 2.20. The van der Waals surface area contributed by atoms with Gasteiger partial charge in [0.25, 0.3) is 0 Å². The van der Waals surface area contributed by atoms with Crippen molar-refractivity contribution >= 4 is 23.5 Å². The third-order valence-electron chi connectivity index (χ3n) is 2.36. The van der Waals surface area contributed by atoms with Gasteiger partial charge in [0.2, 0.25) is 5.91 Å². The molecule has 0 fully saturated rings. The van der Waals surface area contributed by atoms with Crippen LogP contribution < -0.4 is 10.1 Å². The van der Waals surface area contributed by atoms with E-state index in [0.29, 0.717) is 10.8 Å². The number of halogens is 1. The van der Waals surface area contributed by atoms with Crippen LogP contribution in [0.25, 0.3) is 0 Å². The van der Waals surface area contributed by atoms with E-state index in [1.54, 1.807) is 24.3 Å². The van der Waals surface area contributed by atoms with Gasteiger partial charge < -0.3 is 10.1 Å². The van der Waals surface area contributed by atoms with Crippen molar-refractivity contribution in [3.8, 4) is 5.75 Å². The van der Waals surface area contributed by atoms with E-state index in [-0.39, 0.29) is 18.9 Å². The van der Waals surface area contributed by atoms with Gasteiger partial charge in [-0.3, -0.25) is 9.59 Å². The molecule has 0 aliphatic heterocycles. The molecule has 0 radical (unpaired) electrons. The van der Waals surface area contributed by atoms with Gasteiger partial charge in [-0.15, -0.1) is 0 Å². The molecule has 0 spiro atoms. The van der Waals surface area contributed by atoms with Gasteiger partial charge in [-0.2, -0.15) is 0 Å². The lowest BCUT2D eigenvalue weighted by Gasteiger charge is -2.17. The molecule has 104 valence electrons. The van der Waals surface area contributed by atoms with Gasteiger partial charge in [0.05, 0.1) is 11.4 Å². The molecule has 1 aromatic carbocycles. The average Bonchev–Trinajstić information content (AvgIpc) is 2.31. The molecule has 0 bridgehead atoms. The fourth-order valence-electron chi connectivity index (χ4n) is 1.24. The maximum absolute atomic E-state index is 11.6. The Bertz CT molecular complexity index is 466. The first-order chi connectivity index (χ1) is 8.80. The summed E-state index contributed by atoms with van der Waals surface area (Å²) in [6.07, 6.45) is 0.104. The number of benzene rings is 1. The van der Waals surface area contributed by atoms with Crippen LogP contribution in [0.4, 0.5) is 0 Å². The van der Waals surface area contributed by atoms with Crippen molar-refractivity contribution in [2.75, 3.05) is 6.54 Å². The van der Waals surface area contributed by atoms with Crippen LogP contribution in [0.3, 0.4) is 0 Å². The fraction of sp³-hybridized carbons (Fsp3) is 0.429. The minimum atomic E-state index is -0.466. The molecule has 1 rings (SSSR count). The second-order valence-electron chi connectivity index (χ2n) is 5.16. The molecule has 5 heteroatoms. The molecule has 19 heavy (non-hydrogen) atoms. The molecule has 0 saturated carbocycles. The lowest BCUT2D eigenvalue weighted by molar-refractivity contribution is -0.134. The predicted molar refractivity (Wildman–Crippen MR) is 74.2 cm³/mol. The number of ether oxygens (including phenoxy) is 1. The molecule has 0 aliphatic carbocycles.